The maximum Gasteiger partial charge on any atom is 0.236 e. The Balaban J connectivity index is 1.29. The summed E-state index contributed by atoms with van der Waals surface area (Å²) in [6.07, 6.45) is -0.0378. The SMILES string of the molecule is CN(C)C(=O)CN1CCN(CC2COC3(O2)c2ccccc2COc2ccccc23)CC1. The zero-order chi connectivity index (χ0) is 22.1. The predicted molar refractivity (Wildman–Crippen MR) is 120 cm³/mol. The maximum atomic E-state index is 12.0. The lowest BCUT2D eigenvalue weighted by Crippen LogP contribution is -2.51. The van der Waals surface area contributed by atoms with E-state index >= 15 is 0 Å². The molecule has 7 nitrogen and oxygen atoms in total. The van der Waals surface area contributed by atoms with Gasteiger partial charge in [-0.15, -0.1) is 0 Å². The molecule has 0 aliphatic carbocycles. The minimum absolute atomic E-state index is 0.0378. The number of carbonyl (C=O) groups excluding carboxylic acids is 1. The Morgan fingerprint density at radius 2 is 1.69 bits per heavy atom. The zero-order valence-corrected chi connectivity index (χ0v) is 18.8. The number of carbonyl (C=O) groups is 1. The van der Waals surface area contributed by atoms with E-state index in [4.69, 9.17) is 14.2 Å². The van der Waals surface area contributed by atoms with Gasteiger partial charge in [-0.1, -0.05) is 36.4 Å². The molecule has 0 bridgehead atoms. The number of amides is 1. The molecule has 2 atom stereocenters. The molecular weight excluding hydrogens is 406 g/mol. The summed E-state index contributed by atoms with van der Waals surface area (Å²) in [5, 5.41) is 0. The highest BCUT2D eigenvalue weighted by atomic mass is 16.7. The number of benzene rings is 2. The van der Waals surface area contributed by atoms with Crippen LogP contribution >= 0.6 is 0 Å². The molecule has 170 valence electrons. The fourth-order valence-electron chi connectivity index (χ4n) is 4.77. The lowest BCUT2D eigenvalue weighted by Gasteiger charge is -2.36. The van der Waals surface area contributed by atoms with Crippen molar-refractivity contribution in [3.8, 4) is 5.75 Å². The second-order valence-corrected chi connectivity index (χ2v) is 8.97. The molecule has 7 heteroatoms. The van der Waals surface area contributed by atoms with Crippen molar-refractivity contribution in [2.45, 2.75) is 18.5 Å². The van der Waals surface area contributed by atoms with Gasteiger partial charge >= 0.3 is 0 Å². The van der Waals surface area contributed by atoms with Gasteiger partial charge in [0.05, 0.1) is 24.8 Å². The first-order valence-electron chi connectivity index (χ1n) is 11.3. The Kier molecular flexibility index (Phi) is 5.90. The van der Waals surface area contributed by atoms with Crippen molar-refractivity contribution < 1.29 is 19.0 Å². The van der Waals surface area contributed by atoms with Crippen molar-refractivity contribution in [2.75, 3.05) is 60.0 Å². The average Bonchev–Trinajstić information content (AvgIpc) is 3.18. The van der Waals surface area contributed by atoms with Crippen LogP contribution in [0.25, 0.3) is 0 Å². The van der Waals surface area contributed by atoms with Crippen LogP contribution in [-0.2, 0) is 26.7 Å². The molecule has 2 aromatic carbocycles. The van der Waals surface area contributed by atoms with Gasteiger partial charge < -0.3 is 19.1 Å². The molecule has 5 rings (SSSR count). The van der Waals surface area contributed by atoms with Crippen molar-refractivity contribution in [3.63, 3.8) is 0 Å². The van der Waals surface area contributed by atoms with Crippen LogP contribution in [0.1, 0.15) is 16.7 Å². The van der Waals surface area contributed by atoms with Crippen LogP contribution in [0.2, 0.25) is 0 Å². The van der Waals surface area contributed by atoms with E-state index in [0.717, 1.165) is 55.2 Å². The number of likely N-dealkylation sites (N-methyl/N-ethyl adjacent to an activating group) is 1. The summed E-state index contributed by atoms with van der Waals surface area (Å²) in [7, 11) is 3.61. The normalized spacial score (nSPS) is 25.6. The topological polar surface area (TPSA) is 54.5 Å². The number of rotatable bonds is 4. The second-order valence-electron chi connectivity index (χ2n) is 8.97. The van der Waals surface area contributed by atoms with E-state index in [1.54, 1.807) is 19.0 Å². The van der Waals surface area contributed by atoms with Crippen molar-refractivity contribution >= 4 is 5.91 Å². The minimum atomic E-state index is -0.936. The highest BCUT2D eigenvalue weighted by Crippen LogP contribution is 2.47. The number of fused-ring (bicyclic) bond motifs is 4. The molecule has 1 amide bonds. The molecule has 0 radical (unpaired) electrons. The molecular formula is C25H31N3O4. The first-order chi connectivity index (χ1) is 15.5. The van der Waals surface area contributed by atoms with Gasteiger partial charge in [-0.05, 0) is 17.7 Å². The number of hydrogen-bond acceptors (Lipinski definition) is 6. The van der Waals surface area contributed by atoms with E-state index in [9.17, 15) is 4.79 Å². The van der Waals surface area contributed by atoms with Gasteiger partial charge in [-0.25, -0.2) is 0 Å². The highest BCUT2D eigenvalue weighted by Gasteiger charge is 2.49. The highest BCUT2D eigenvalue weighted by molar-refractivity contribution is 5.77. The number of nitrogens with zero attached hydrogens (tertiary/aromatic N) is 3. The predicted octanol–water partition coefficient (Wildman–Crippen LogP) is 1.90. The molecule has 2 aromatic rings. The number of hydrogen-bond donors (Lipinski definition) is 0. The summed E-state index contributed by atoms with van der Waals surface area (Å²) in [6.45, 7) is 5.94. The molecule has 3 aliphatic rings. The third-order valence-electron chi connectivity index (χ3n) is 6.59. The Morgan fingerprint density at radius 1 is 1.00 bits per heavy atom. The summed E-state index contributed by atoms with van der Waals surface area (Å²) >= 11 is 0. The third-order valence-corrected chi connectivity index (χ3v) is 6.59. The summed E-state index contributed by atoms with van der Waals surface area (Å²) in [5.41, 5.74) is 3.04. The van der Waals surface area contributed by atoms with Gasteiger partial charge in [0.2, 0.25) is 11.7 Å². The fraction of sp³-hybridized carbons (Fsp3) is 0.480. The molecule has 0 N–H and O–H groups in total. The van der Waals surface area contributed by atoms with Crippen molar-refractivity contribution in [2.24, 2.45) is 0 Å². The molecule has 0 saturated carbocycles. The summed E-state index contributed by atoms with van der Waals surface area (Å²) in [4.78, 5) is 18.3. The summed E-state index contributed by atoms with van der Waals surface area (Å²) < 4.78 is 19.3. The Labute approximate surface area is 189 Å². The monoisotopic (exact) mass is 437 g/mol. The smallest absolute Gasteiger partial charge is 0.236 e. The van der Waals surface area contributed by atoms with Gasteiger partial charge in [-0.2, -0.15) is 0 Å². The maximum absolute atomic E-state index is 12.0. The van der Waals surface area contributed by atoms with E-state index in [2.05, 4.69) is 21.9 Å². The quantitative estimate of drug-likeness (QED) is 0.728. The van der Waals surface area contributed by atoms with Crippen molar-refractivity contribution in [1.29, 1.82) is 0 Å². The molecule has 32 heavy (non-hydrogen) atoms. The molecule has 0 aromatic heterocycles. The van der Waals surface area contributed by atoms with E-state index in [1.165, 1.54) is 0 Å². The van der Waals surface area contributed by atoms with E-state index in [0.29, 0.717) is 19.8 Å². The molecule has 3 aliphatic heterocycles. The van der Waals surface area contributed by atoms with E-state index < -0.39 is 5.79 Å². The van der Waals surface area contributed by atoms with Crippen LogP contribution in [0, 0.1) is 0 Å². The first-order valence-corrected chi connectivity index (χ1v) is 11.3. The number of ether oxygens (including phenoxy) is 3. The van der Waals surface area contributed by atoms with Crippen LogP contribution in [0.15, 0.2) is 48.5 Å². The Hall–Kier alpha value is -2.45. The number of piperazine rings is 1. The van der Waals surface area contributed by atoms with Gasteiger partial charge in [0.15, 0.2) is 0 Å². The minimum Gasteiger partial charge on any atom is -0.488 e. The largest absolute Gasteiger partial charge is 0.488 e. The lowest BCUT2D eigenvalue weighted by molar-refractivity contribution is -0.145. The van der Waals surface area contributed by atoms with E-state index in [-0.39, 0.29) is 12.0 Å². The Bertz CT molecular complexity index is 924. The lowest BCUT2D eigenvalue weighted by atomic mass is 9.93. The van der Waals surface area contributed by atoms with Crippen molar-refractivity contribution in [1.82, 2.24) is 14.7 Å². The molecule has 2 saturated heterocycles. The second kappa shape index (κ2) is 8.83. The van der Waals surface area contributed by atoms with Crippen LogP contribution < -0.4 is 4.74 Å². The summed E-state index contributed by atoms with van der Waals surface area (Å²) in [5.74, 6) is 0.0262. The van der Waals surface area contributed by atoms with Gasteiger partial charge in [-0.3, -0.25) is 14.6 Å². The summed E-state index contributed by atoms with van der Waals surface area (Å²) in [6, 6.07) is 16.2. The fourth-order valence-corrected chi connectivity index (χ4v) is 4.77. The van der Waals surface area contributed by atoms with Gasteiger partial charge in [0.25, 0.3) is 0 Å². The molecule has 1 spiro atoms. The third kappa shape index (κ3) is 4.01. The standard InChI is InChI=1S/C25H31N3O4/c1-26(2)24(29)16-28-13-11-27(12-14-28)15-20-18-31-25(32-20)21-8-4-3-7-19(21)17-30-23-10-6-5-9-22(23)25/h3-10,20H,11-18H2,1-2H3. The van der Waals surface area contributed by atoms with Gasteiger partial charge in [0, 0.05) is 52.4 Å². The average molecular weight is 438 g/mol. The Morgan fingerprint density at radius 3 is 2.47 bits per heavy atom. The van der Waals surface area contributed by atoms with E-state index in [1.807, 2.05) is 36.4 Å². The molecule has 2 unspecified atom stereocenters. The van der Waals surface area contributed by atoms with Crippen LogP contribution in [0.3, 0.4) is 0 Å². The van der Waals surface area contributed by atoms with Crippen LogP contribution in [0.5, 0.6) is 5.75 Å². The van der Waals surface area contributed by atoms with Crippen LogP contribution in [-0.4, -0.2) is 86.7 Å². The first kappa shape index (κ1) is 21.4. The molecule has 2 fully saturated rings. The molecule has 3 heterocycles. The van der Waals surface area contributed by atoms with Gasteiger partial charge in [0.1, 0.15) is 12.4 Å². The number of para-hydroxylation sites is 1. The zero-order valence-electron chi connectivity index (χ0n) is 18.8. The van der Waals surface area contributed by atoms with Crippen LogP contribution in [0.4, 0.5) is 0 Å². The van der Waals surface area contributed by atoms with Crippen molar-refractivity contribution in [3.05, 3.63) is 65.2 Å².